The number of hydrogen-bond donors (Lipinski definition) is 1. The smallest absolute Gasteiger partial charge is 0.0346 e. The topological polar surface area (TPSA) is 26.0 Å². The van der Waals surface area contributed by atoms with Crippen LogP contribution in [-0.4, -0.2) is 22.5 Å². The van der Waals surface area contributed by atoms with Crippen molar-refractivity contribution in [2.45, 2.75) is 45.1 Å². The molecule has 0 aliphatic heterocycles. The highest BCUT2D eigenvalue weighted by molar-refractivity contribution is 7.31. The van der Waals surface area contributed by atoms with E-state index in [2.05, 4.69) is 26.2 Å². The van der Waals surface area contributed by atoms with Gasteiger partial charge in [-0.1, -0.05) is 38.7 Å². The van der Waals surface area contributed by atoms with Crippen LogP contribution in [0, 0.1) is 0 Å². The minimum atomic E-state index is -0.713. The van der Waals surface area contributed by atoms with Crippen LogP contribution in [0.15, 0.2) is 0 Å². The lowest BCUT2D eigenvalue weighted by molar-refractivity contribution is 0.802. The number of nitrogens with two attached hydrogens (primary N) is 1. The highest BCUT2D eigenvalue weighted by Gasteiger charge is 2.22. The molecule has 0 spiro atoms. The second-order valence-corrected chi connectivity index (χ2v) is 19.8. The number of rotatable bonds is 5. The molecule has 0 aromatic carbocycles. The van der Waals surface area contributed by atoms with Crippen LogP contribution in [0.1, 0.15) is 12.8 Å². The third kappa shape index (κ3) is 5.64. The second-order valence-electron chi connectivity index (χ2n) is 4.55. The molecule has 0 rings (SSSR count). The fraction of sp³-hybridized carbons (Fsp3) is 1.00. The van der Waals surface area contributed by atoms with Crippen LogP contribution in [0.3, 0.4) is 0 Å². The Bertz CT molecular complexity index is 98.8. The molecule has 0 aliphatic carbocycles. The van der Waals surface area contributed by atoms with Crippen LogP contribution in [0.4, 0.5) is 0 Å². The fourth-order valence-corrected chi connectivity index (χ4v) is 6.01. The van der Waals surface area contributed by atoms with Gasteiger partial charge in [0, 0.05) is 15.9 Å². The van der Waals surface area contributed by atoms with Gasteiger partial charge in [0.05, 0.1) is 0 Å². The Morgan fingerprint density at radius 1 is 1.18 bits per heavy atom. The Balaban J connectivity index is 3.44. The molecular formula is C8H23NSi2. The Hall–Kier alpha value is 0.394. The van der Waals surface area contributed by atoms with E-state index in [9.17, 15) is 0 Å². The van der Waals surface area contributed by atoms with Crippen molar-refractivity contribution in [3.8, 4) is 0 Å². The Morgan fingerprint density at radius 2 is 1.73 bits per heavy atom. The molecular weight excluding hydrogens is 166 g/mol. The first kappa shape index (κ1) is 11.4. The summed E-state index contributed by atoms with van der Waals surface area (Å²) in [6.07, 6.45) is 2.62. The molecule has 0 bridgehead atoms. The van der Waals surface area contributed by atoms with E-state index in [4.69, 9.17) is 5.73 Å². The van der Waals surface area contributed by atoms with Crippen molar-refractivity contribution in [2.24, 2.45) is 5.73 Å². The molecule has 0 amide bonds. The van der Waals surface area contributed by atoms with E-state index >= 15 is 0 Å². The molecule has 2 N–H and O–H groups in total. The maximum atomic E-state index is 5.45. The second kappa shape index (κ2) is 5.11. The van der Waals surface area contributed by atoms with Crippen molar-refractivity contribution in [2.75, 3.05) is 6.54 Å². The first-order chi connectivity index (χ1) is 4.98. The minimum absolute atomic E-state index is 0.339. The third-order valence-corrected chi connectivity index (χ3v) is 16.5. The first-order valence-electron chi connectivity index (χ1n) is 4.68. The first-order valence-corrected chi connectivity index (χ1v) is 12.0. The van der Waals surface area contributed by atoms with Crippen molar-refractivity contribution >= 4 is 15.9 Å². The summed E-state index contributed by atoms with van der Waals surface area (Å²) < 4.78 is 0. The van der Waals surface area contributed by atoms with Crippen LogP contribution in [-0.2, 0) is 0 Å². The monoisotopic (exact) mass is 189 g/mol. The zero-order chi connectivity index (χ0) is 8.91. The predicted molar refractivity (Wildman–Crippen MR) is 59.5 cm³/mol. The van der Waals surface area contributed by atoms with Gasteiger partial charge in [-0.25, -0.2) is 0 Å². The zero-order valence-corrected chi connectivity index (χ0v) is 10.6. The van der Waals surface area contributed by atoms with E-state index in [1.54, 1.807) is 0 Å². The van der Waals surface area contributed by atoms with Crippen LogP contribution in [0.2, 0.25) is 32.2 Å². The molecule has 0 fully saturated rings. The molecule has 1 atom stereocenters. The van der Waals surface area contributed by atoms with Gasteiger partial charge in [-0.3, -0.25) is 0 Å². The summed E-state index contributed by atoms with van der Waals surface area (Å²) in [5.74, 6) is 0. The van der Waals surface area contributed by atoms with E-state index < -0.39 is 7.59 Å². The van der Waals surface area contributed by atoms with E-state index in [0.29, 0.717) is 0 Å². The number of unbranched alkanes of at least 4 members (excludes halogenated alkanes) is 1. The van der Waals surface area contributed by atoms with Crippen LogP contribution >= 0.6 is 0 Å². The van der Waals surface area contributed by atoms with Crippen molar-refractivity contribution in [3.05, 3.63) is 0 Å². The maximum Gasteiger partial charge on any atom is 0.0346 e. The average molecular weight is 189 g/mol. The van der Waals surface area contributed by atoms with Gasteiger partial charge in [-0.15, -0.1) is 0 Å². The molecule has 0 aliphatic rings. The van der Waals surface area contributed by atoms with Gasteiger partial charge >= 0.3 is 0 Å². The molecule has 0 saturated carbocycles. The molecule has 68 valence electrons. The minimum Gasteiger partial charge on any atom is -0.330 e. The highest BCUT2D eigenvalue weighted by Crippen LogP contribution is 2.12. The average Bonchev–Trinajstić information content (AvgIpc) is 1.86. The molecule has 1 unspecified atom stereocenters. The normalized spacial score (nSPS) is 15.0. The third-order valence-electron chi connectivity index (χ3n) is 2.57. The van der Waals surface area contributed by atoms with Gasteiger partial charge < -0.3 is 5.73 Å². The summed E-state index contributed by atoms with van der Waals surface area (Å²) in [4.78, 5) is 0. The molecule has 0 aromatic heterocycles. The highest BCUT2D eigenvalue weighted by atomic mass is 29.2. The van der Waals surface area contributed by atoms with E-state index in [0.717, 1.165) is 6.54 Å². The largest absolute Gasteiger partial charge is 0.330 e. The number of hydrogen-bond acceptors (Lipinski definition) is 1. The lowest BCUT2D eigenvalue weighted by Gasteiger charge is -2.23. The van der Waals surface area contributed by atoms with Gasteiger partial charge in [0.2, 0.25) is 0 Å². The van der Waals surface area contributed by atoms with Gasteiger partial charge in [-0.2, -0.15) is 0 Å². The SMILES string of the molecule is C[SiH](CCCCN)[Si](C)(C)C. The Morgan fingerprint density at radius 3 is 2.09 bits per heavy atom. The lowest BCUT2D eigenvalue weighted by Crippen LogP contribution is -2.39. The Labute approximate surface area is 73.8 Å². The summed E-state index contributed by atoms with van der Waals surface area (Å²) in [6, 6.07) is 1.52. The summed E-state index contributed by atoms with van der Waals surface area (Å²) in [6.45, 7) is 10.9. The van der Waals surface area contributed by atoms with Crippen LogP contribution < -0.4 is 5.73 Å². The van der Waals surface area contributed by atoms with Gasteiger partial charge in [0.1, 0.15) is 0 Å². The standard InChI is InChI=1S/C8H23NSi2/c1-10(11(2,3)4)8-6-5-7-9/h10H,5-9H2,1-4H3. The van der Waals surface area contributed by atoms with Crippen molar-refractivity contribution in [3.63, 3.8) is 0 Å². The summed E-state index contributed by atoms with van der Waals surface area (Å²) in [7, 11) is -1.05. The Kier molecular flexibility index (Phi) is 5.30. The van der Waals surface area contributed by atoms with Crippen molar-refractivity contribution in [1.29, 1.82) is 0 Å². The van der Waals surface area contributed by atoms with Gasteiger partial charge in [0.25, 0.3) is 0 Å². The molecule has 0 aromatic rings. The van der Waals surface area contributed by atoms with Crippen LogP contribution in [0.5, 0.6) is 0 Å². The molecule has 1 nitrogen and oxygen atoms in total. The van der Waals surface area contributed by atoms with Gasteiger partial charge in [-0.05, 0) is 13.0 Å². The van der Waals surface area contributed by atoms with Crippen molar-refractivity contribution < 1.29 is 0 Å². The van der Waals surface area contributed by atoms with Crippen molar-refractivity contribution in [1.82, 2.24) is 0 Å². The molecule has 0 radical (unpaired) electrons. The molecule has 11 heavy (non-hydrogen) atoms. The molecule has 0 heterocycles. The quantitative estimate of drug-likeness (QED) is 0.520. The van der Waals surface area contributed by atoms with E-state index in [1.807, 2.05) is 0 Å². The summed E-state index contributed by atoms with van der Waals surface area (Å²) >= 11 is 0. The van der Waals surface area contributed by atoms with E-state index in [1.165, 1.54) is 18.9 Å². The molecule has 3 heteroatoms. The van der Waals surface area contributed by atoms with Gasteiger partial charge in [0.15, 0.2) is 0 Å². The van der Waals surface area contributed by atoms with Crippen LogP contribution in [0.25, 0.3) is 0 Å². The predicted octanol–water partition coefficient (Wildman–Crippen LogP) is 2.00. The zero-order valence-electron chi connectivity index (χ0n) is 8.48. The summed E-state index contributed by atoms with van der Waals surface area (Å²) in [5.41, 5.74) is 5.45. The fourth-order valence-electron chi connectivity index (χ4n) is 1.03. The molecule has 0 saturated heterocycles. The van der Waals surface area contributed by atoms with E-state index in [-0.39, 0.29) is 8.31 Å². The lowest BCUT2D eigenvalue weighted by atomic mass is 10.3. The summed E-state index contributed by atoms with van der Waals surface area (Å²) in [5, 5.41) is 0. The maximum absolute atomic E-state index is 5.45.